The Morgan fingerprint density at radius 3 is 1.45 bits per heavy atom. The minimum atomic E-state index is 0.671. The highest BCUT2D eigenvalue weighted by Gasteiger charge is 2.11. The van der Waals surface area contributed by atoms with Gasteiger partial charge in [0.1, 0.15) is 0 Å². The van der Waals surface area contributed by atoms with E-state index in [2.05, 4.69) is 116 Å². The Morgan fingerprint density at radius 2 is 0.863 bits per heavy atom. The van der Waals surface area contributed by atoms with Gasteiger partial charge in [0.15, 0.2) is 0 Å². The first kappa shape index (κ1) is 37.4. The van der Waals surface area contributed by atoms with Crippen molar-refractivity contribution >= 4 is 45.3 Å². The summed E-state index contributed by atoms with van der Waals surface area (Å²) in [7, 11) is 0. The van der Waals surface area contributed by atoms with E-state index in [-0.39, 0.29) is 0 Å². The van der Waals surface area contributed by atoms with Crippen molar-refractivity contribution in [2.75, 3.05) is 39.6 Å². The Morgan fingerprint density at radius 1 is 0.412 bits per heavy atom. The van der Waals surface area contributed by atoms with E-state index in [0.717, 1.165) is 56.8 Å². The third-order valence-corrected chi connectivity index (χ3v) is 13.4. The molecular formula is C44H46O3S4. The van der Waals surface area contributed by atoms with Crippen LogP contribution in [0.5, 0.6) is 0 Å². The second kappa shape index (κ2) is 20.1. The summed E-state index contributed by atoms with van der Waals surface area (Å²) < 4.78 is 17.0. The smallest absolute Gasteiger partial charge is 0.0700 e. The molecule has 2 aromatic carbocycles. The predicted molar refractivity (Wildman–Crippen MR) is 222 cm³/mol. The summed E-state index contributed by atoms with van der Waals surface area (Å²) in [5.74, 6) is 6.68. The summed E-state index contributed by atoms with van der Waals surface area (Å²) in [6, 6.07) is 35.1. The molecule has 0 aliphatic carbocycles. The van der Waals surface area contributed by atoms with Crippen LogP contribution in [-0.4, -0.2) is 39.6 Å². The number of benzene rings is 2. The molecule has 0 bridgehead atoms. The van der Waals surface area contributed by atoms with E-state index in [1.54, 1.807) is 0 Å². The fourth-order valence-corrected chi connectivity index (χ4v) is 9.74. The van der Waals surface area contributed by atoms with Crippen molar-refractivity contribution in [3.8, 4) is 52.2 Å². The number of ether oxygens (including phenoxy) is 3. The van der Waals surface area contributed by atoms with E-state index >= 15 is 0 Å². The fraction of sp³-hybridized carbons (Fsp3) is 0.318. The van der Waals surface area contributed by atoms with Gasteiger partial charge in [-0.15, -0.1) is 45.3 Å². The average Bonchev–Trinajstić information content (AvgIpc) is 4.00. The molecule has 264 valence electrons. The maximum absolute atomic E-state index is 5.82. The van der Waals surface area contributed by atoms with Gasteiger partial charge in [-0.05, 0) is 97.3 Å². The Kier molecular flexibility index (Phi) is 14.7. The largest absolute Gasteiger partial charge is 0.381 e. The zero-order valence-electron chi connectivity index (χ0n) is 29.6. The van der Waals surface area contributed by atoms with Crippen LogP contribution in [-0.2, 0) is 27.1 Å². The van der Waals surface area contributed by atoms with E-state index < -0.39 is 0 Å². The predicted octanol–water partition coefficient (Wildman–Crippen LogP) is 12.7. The molecule has 0 aliphatic rings. The lowest BCUT2D eigenvalue weighted by molar-refractivity contribution is 0.0476. The van der Waals surface area contributed by atoms with Crippen molar-refractivity contribution in [3.63, 3.8) is 0 Å². The summed E-state index contributed by atoms with van der Waals surface area (Å²) in [6.45, 7) is 8.76. The van der Waals surface area contributed by atoms with E-state index in [1.807, 2.05) is 52.3 Å². The van der Waals surface area contributed by atoms with Crippen molar-refractivity contribution in [3.05, 3.63) is 118 Å². The number of thiophene rings is 4. The first-order chi connectivity index (χ1) is 25.2. The third-order valence-electron chi connectivity index (χ3n) is 8.41. The van der Waals surface area contributed by atoms with E-state index in [1.165, 1.54) is 69.4 Å². The molecule has 3 nitrogen and oxygen atoms in total. The molecule has 0 radical (unpaired) electrons. The highest BCUT2D eigenvalue weighted by molar-refractivity contribution is 7.27. The monoisotopic (exact) mass is 750 g/mol. The van der Waals surface area contributed by atoms with Crippen LogP contribution in [0.1, 0.15) is 60.4 Å². The van der Waals surface area contributed by atoms with Crippen molar-refractivity contribution in [2.45, 2.75) is 52.4 Å². The van der Waals surface area contributed by atoms with Crippen LogP contribution in [0.15, 0.2) is 97.1 Å². The van der Waals surface area contributed by atoms with Gasteiger partial charge in [0.05, 0.1) is 26.4 Å². The third kappa shape index (κ3) is 11.3. The maximum atomic E-state index is 5.82. The summed E-state index contributed by atoms with van der Waals surface area (Å²) in [4.78, 5) is 10.5. The second-order valence-electron chi connectivity index (χ2n) is 12.2. The summed E-state index contributed by atoms with van der Waals surface area (Å²) >= 11 is 7.42. The molecule has 0 aliphatic heterocycles. The molecule has 0 saturated carbocycles. The molecule has 0 fully saturated rings. The molecule has 0 saturated heterocycles. The van der Waals surface area contributed by atoms with Gasteiger partial charge in [0.2, 0.25) is 0 Å². The molecule has 51 heavy (non-hydrogen) atoms. The minimum Gasteiger partial charge on any atom is -0.381 e. The number of hydrogen-bond donors (Lipinski definition) is 0. The molecule has 6 rings (SSSR count). The molecule has 7 heteroatoms. The average molecular weight is 751 g/mol. The van der Waals surface area contributed by atoms with Gasteiger partial charge in [-0.1, -0.05) is 62.3 Å². The van der Waals surface area contributed by atoms with Gasteiger partial charge in [-0.25, -0.2) is 0 Å². The van der Waals surface area contributed by atoms with Crippen LogP contribution in [0.3, 0.4) is 0 Å². The van der Waals surface area contributed by atoms with Crippen LogP contribution in [0.4, 0.5) is 0 Å². The van der Waals surface area contributed by atoms with Crippen molar-refractivity contribution in [1.29, 1.82) is 0 Å². The van der Waals surface area contributed by atoms with Crippen molar-refractivity contribution < 1.29 is 14.2 Å². The number of hydrogen-bond acceptors (Lipinski definition) is 7. The van der Waals surface area contributed by atoms with Crippen molar-refractivity contribution in [1.82, 2.24) is 0 Å². The zero-order valence-corrected chi connectivity index (χ0v) is 32.8. The van der Waals surface area contributed by atoms with Crippen LogP contribution in [0.25, 0.3) is 40.4 Å². The Labute approximate surface area is 319 Å². The first-order valence-corrected chi connectivity index (χ1v) is 21.3. The Hall–Kier alpha value is -3.32. The van der Waals surface area contributed by atoms with Crippen LogP contribution in [0, 0.1) is 11.8 Å². The molecular weight excluding hydrogens is 705 g/mol. The van der Waals surface area contributed by atoms with Gasteiger partial charge in [-0.3, -0.25) is 0 Å². The lowest BCUT2D eigenvalue weighted by Gasteiger charge is -2.05. The SMILES string of the molecule is CCCCCCOCCOCCc1ccc(-c2ccc(-c3ccc(-c4ccc(C#Cc5ccc(-c6ccc(CCOCC)s6)cc5)cc4)s3)s2)s1. The highest BCUT2D eigenvalue weighted by atomic mass is 32.1. The van der Waals surface area contributed by atoms with E-state index in [4.69, 9.17) is 14.2 Å². The molecule has 6 aromatic rings. The summed E-state index contributed by atoms with van der Waals surface area (Å²) in [5, 5.41) is 0. The Balaban J connectivity index is 0.970. The molecule has 0 N–H and O–H groups in total. The van der Waals surface area contributed by atoms with Gasteiger partial charge in [0.25, 0.3) is 0 Å². The highest BCUT2D eigenvalue weighted by Crippen LogP contribution is 2.42. The van der Waals surface area contributed by atoms with Gasteiger partial charge in [-0.2, -0.15) is 0 Å². The molecule has 0 amide bonds. The Bertz CT molecular complexity index is 1960. The minimum absolute atomic E-state index is 0.671. The summed E-state index contributed by atoms with van der Waals surface area (Å²) in [5.41, 5.74) is 4.49. The van der Waals surface area contributed by atoms with E-state index in [9.17, 15) is 0 Å². The molecule has 0 unspecified atom stereocenters. The maximum Gasteiger partial charge on any atom is 0.0700 e. The van der Waals surface area contributed by atoms with Crippen LogP contribution < -0.4 is 0 Å². The molecule has 0 atom stereocenters. The topological polar surface area (TPSA) is 27.7 Å². The molecule has 0 spiro atoms. The van der Waals surface area contributed by atoms with E-state index in [0.29, 0.717) is 13.2 Å². The summed E-state index contributed by atoms with van der Waals surface area (Å²) in [6.07, 6.45) is 6.88. The van der Waals surface area contributed by atoms with Crippen LogP contribution in [0.2, 0.25) is 0 Å². The quantitative estimate of drug-likeness (QED) is 0.0609. The molecule has 4 heterocycles. The van der Waals surface area contributed by atoms with Gasteiger partial charge < -0.3 is 14.2 Å². The lowest BCUT2D eigenvalue weighted by atomic mass is 10.1. The number of unbranched alkanes of at least 4 members (excludes halogenated alkanes) is 3. The standard InChI is InChI=1S/C44H46O3S4/c1-3-5-6-7-28-46-31-32-47-30-27-38-19-21-41(49-38)42-24-25-44(51-42)43-23-22-40(50-43)36-16-12-34(13-17-36)9-8-33-10-14-35(15-11-33)39-20-18-37(48-39)26-29-45-4-2/h10-25H,3-7,26-32H2,1-2H3. The van der Waals surface area contributed by atoms with Gasteiger partial charge >= 0.3 is 0 Å². The second-order valence-corrected chi connectivity index (χ2v) is 16.8. The lowest BCUT2D eigenvalue weighted by Crippen LogP contribution is -2.07. The molecule has 4 aromatic heterocycles. The van der Waals surface area contributed by atoms with Gasteiger partial charge in [0, 0.05) is 76.2 Å². The number of rotatable bonds is 19. The van der Waals surface area contributed by atoms with Crippen molar-refractivity contribution in [2.24, 2.45) is 0 Å². The zero-order chi connectivity index (χ0) is 35.1. The first-order valence-electron chi connectivity index (χ1n) is 18.0. The fourth-order valence-electron chi connectivity index (χ4n) is 5.56. The normalized spacial score (nSPS) is 11.2. The van der Waals surface area contributed by atoms with Crippen LogP contribution >= 0.6 is 45.3 Å².